The predicted octanol–water partition coefficient (Wildman–Crippen LogP) is 0.0550. The summed E-state index contributed by atoms with van der Waals surface area (Å²) in [5, 5.41) is 2.56. The quantitative estimate of drug-likeness (QED) is 0.519. The number of amides is 1. The maximum atomic E-state index is 11.8. The molecule has 0 radical (unpaired) electrons. The Balaban J connectivity index is 2.67. The number of sulfone groups is 1. The van der Waals surface area contributed by atoms with Crippen LogP contribution in [-0.2, 0) is 9.84 Å². The minimum absolute atomic E-state index is 0.0692. The summed E-state index contributed by atoms with van der Waals surface area (Å²) in [6.45, 7) is 1.89. The summed E-state index contributed by atoms with van der Waals surface area (Å²) in [5.41, 5.74) is 4.46. The van der Waals surface area contributed by atoms with E-state index in [1.54, 1.807) is 25.1 Å². The highest BCUT2D eigenvalue weighted by Gasteiger charge is 2.10. The number of rotatable bonds is 5. The van der Waals surface area contributed by atoms with Gasteiger partial charge in [-0.2, -0.15) is 0 Å². The molecule has 0 aliphatic carbocycles. The first kappa shape index (κ1) is 14.5. The molecule has 1 rings (SSSR count). The van der Waals surface area contributed by atoms with Gasteiger partial charge >= 0.3 is 0 Å². The zero-order valence-electron chi connectivity index (χ0n) is 10.4. The Morgan fingerprint density at radius 3 is 2.56 bits per heavy atom. The van der Waals surface area contributed by atoms with Gasteiger partial charge in [0.05, 0.1) is 5.75 Å². The number of hydrazine groups is 1. The molecule has 0 saturated carbocycles. The van der Waals surface area contributed by atoms with Crippen LogP contribution in [0.4, 0.5) is 5.69 Å². The predicted molar refractivity (Wildman–Crippen MR) is 71.0 cm³/mol. The van der Waals surface area contributed by atoms with Crippen LogP contribution in [0.2, 0.25) is 0 Å². The Morgan fingerprint density at radius 2 is 2.06 bits per heavy atom. The molecule has 0 aromatic heterocycles. The Kier molecular flexibility index (Phi) is 4.69. The van der Waals surface area contributed by atoms with E-state index in [9.17, 15) is 13.2 Å². The topological polar surface area (TPSA) is 101 Å². The first-order valence-electron chi connectivity index (χ1n) is 5.36. The zero-order chi connectivity index (χ0) is 13.8. The fourth-order valence-corrected chi connectivity index (χ4v) is 1.93. The number of nitrogens with one attached hydrogen (secondary N) is 2. The van der Waals surface area contributed by atoms with E-state index in [0.29, 0.717) is 11.3 Å². The molecule has 1 amide bonds. The van der Waals surface area contributed by atoms with Crippen molar-refractivity contribution in [3.05, 3.63) is 29.3 Å². The van der Waals surface area contributed by atoms with Gasteiger partial charge in [-0.15, -0.1) is 0 Å². The molecular formula is C11H17N3O3S. The second-order valence-electron chi connectivity index (χ2n) is 4.06. The van der Waals surface area contributed by atoms with Crippen LogP contribution in [0.15, 0.2) is 18.2 Å². The van der Waals surface area contributed by atoms with E-state index in [4.69, 9.17) is 5.84 Å². The van der Waals surface area contributed by atoms with Crippen LogP contribution in [0.3, 0.4) is 0 Å². The van der Waals surface area contributed by atoms with Gasteiger partial charge in [0.25, 0.3) is 5.91 Å². The average molecular weight is 271 g/mol. The van der Waals surface area contributed by atoms with Crippen molar-refractivity contribution in [2.24, 2.45) is 5.84 Å². The van der Waals surface area contributed by atoms with Crippen LogP contribution in [0.25, 0.3) is 0 Å². The maximum Gasteiger partial charge on any atom is 0.251 e. The molecule has 0 heterocycles. The lowest BCUT2D eigenvalue weighted by Crippen LogP contribution is -2.29. The number of aryl methyl sites for hydroxylation is 1. The highest BCUT2D eigenvalue weighted by Crippen LogP contribution is 2.13. The third-order valence-electron chi connectivity index (χ3n) is 2.40. The molecule has 1 aromatic carbocycles. The smallest absolute Gasteiger partial charge is 0.251 e. The van der Waals surface area contributed by atoms with Gasteiger partial charge in [-0.25, -0.2) is 8.42 Å². The highest BCUT2D eigenvalue weighted by atomic mass is 32.2. The SMILES string of the molecule is Cc1cc(NN)ccc1C(=O)NCCS(C)(=O)=O. The van der Waals surface area contributed by atoms with Crippen LogP contribution >= 0.6 is 0 Å². The number of carbonyl (C=O) groups is 1. The van der Waals surface area contributed by atoms with Gasteiger partial charge in [0, 0.05) is 24.1 Å². The van der Waals surface area contributed by atoms with E-state index in [1.165, 1.54) is 0 Å². The van der Waals surface area contributed by atoms with Crippen molar-refractivity contribution < 1.29 is 13.2 Å². The minimum Gasteiger partial charge on any atom is -0.351 e. The summed E-state index contributed by atoms with van der Waals surface area (Å²) in [6.07, 6.45) is 1.13. The number of nitrogens with two attached hydrogens (primary N) is 1. The zero-order valence-corrected chi connectivity index (χ0v) is 11.2. The fraction of sp³-hybridized carbons (Fsp3) is 0.364. The van der Waals surface area contributed by atoms with Crippen LogP contribution in [0.5, 0.6) is 0 Å². The van der Waals surface area contributed by atoms with E-state index in [1.807, 2.05) is 0 Å². The maximum absolute atomic E-state index is 11.8. The molecule has 0 aliphatic rings. The van der Waals surface area contributed by atoms with E-state index in [0.717, 1.165) is 11.8 Å². The molecular weight excluding hydrogens is 254 g/mol. The number of hydrogen-bond acceptors (Lipinski definition) is 5. The summed E-state index contributed by atoms with van der Waals surface area (Å²) in [5.74, 6) is 4.89. The van der Waals surface area contributed by atoms with E-state index >= 15 is 0 Å². The second kappa shape index (κ2) is 5.83. The van der Waals surface area contributed by atoms with Gasteiger partial charge in [-0.1, -0.05) is 0 Å². The number of anilines is 1. The Labute approximate surface area is 106 Å². The molecule has 0 unspecified atom stereocenters. The summed E-state index contributed by atoms with van der Waals surface area (Å²) < 4.78 is 21.9. The Hall–Kier alpha value is -1.60. The normalized spacial score (nSPS) is 11.1. The molecule has 18 heavy (non-hydrogen) atoms. The van der Waals surface area contributed by atoms with E-state index in [2.05, 4.69) is 10.7 Å². The first-order valence-corrected chi connectivity index (χ1v) is 7.43. The van der Waals surface area contributed by atoms with Crippen molar-refractivity contribution in [3.63, 3.8) is 0 Å². The van der Waals surface area contributed by atoms with Gasteiger partial charge < -0.3 is 10.7 Å². The number of benzene rings is 1. The van der Waals surface area contributed by atoms with Crippen molar-refractivity contribution in [2.45, 2.75) is 6.92 Å². The van der Waals surface area contributed by atoms with Gasteiger partial charge in [0.15, 0.2) is 0 Å². The van der Waals surface area contributed by atoms with Crippen molar-refractivity contribution in [3.8, 4) is 0 Å². The van der Waals surface area contributed by atoms with Crippen molar-refractivity contribution >= 4 is 21.4 Å². The molecule has 0 atom stereocenters. The third kappa shape index (κ3) is 4.34. The lowest BCUT2D eigenvalue weighted by Gasteiger charge is -2.08. The highest BCUT2D eigenvalue weighted by molar-refractivity contribution is 7.90. The van der Waals surface area contributed by atoms with Crippen LogP contribution in [0.1, 0.15) is 15.9 Å². The lowest BCUT2D eigenvalue weighted by atomic mass is 10.1. The van der Waals surface area contributed by atoms with Crippen molar-refractivity contribution in [2.75, 3.05) is 24.0 Å². The van der Waals surface area contributed by atoms with Gasteiger partial charge in [-0.05, 0) is 30.7 Å². The summed E-state index contributed by atoms with van der Waals surface area (Å²) in [7, 11) is -3.06. The molecule has 6 nitrogen and oxygen atoms in total. The number of nitrogen functional groups attached to an aromatic ring is 1. The molecule has 100 valence electrons. The van der Waals surface area contributed by atoms with Crippen LogP contribution in [-0.4, -0.2) is 32.9 Å². The second-order valence-corrected chi connectivity index (χ2v) is 6.32. The standard InChI is InChI=1S/C11H17N3O3S/c1-8-7-9(14-12)3-4-10(8)11(15)13-5-6-18(2,16)17/h3-4,7,14H,5-6,12H2,1-2H3,(H,13,15). The minimum atomic E-state index is -3.06. The fourth-order valence-electron chi connectivity index (χ4n) is 1.45. The molecule has 0 fully saturated rings. The molecule has 4 N–H and O–H groups in total. The van der Waals surface area contributed by atoms with E-state index < -0.39 is 9.84 Å². The van der Waals surface area contributed by atoms with E-state index in [-0.39, 0.29) is 18.2 Å². The Bertz CT molecular complexity index is 540. The largest absolute Gasteiger partial charge is 0.351 e. The molecule has 7 heteroatoms. The third-order valence-corrected chi connectivity index (χ3v) is 3.34. The first-order chi connectivity index (χ1) is 8.33. The Morgan fingerprint density at radius 1 is 1.39 bits per heavy atom. The molecule has 0 spiro atoms. The molecule has 0 aliphatic heterocycles. The average Bonchev–Trinajstić information content (AvgIpc) is 2.26. The summed E-state index contributed by atoms with van der Waals surface area (Å²) >= 11 is 0. The lowest BCUT2D eigenvalue weighted by molar-refractivity contribution is 0.0955. The molecule has 0 bridgehead atoms. The van der Waals surface area contributed by atoms with Crippen molar-refractivity contribution in [1.82, 2.24) is 5.32 Å². The van der Waals surface area contributed by atoms with Gasteiger partial charge in [-0.3, -0.25) is 10.6 Å². The van der Waals surface area contributed by atoms with Crippen LogP contribution in [0, 0.1) is 6.92 Å². The van der Waals surface area contributed by atoms with Gasteiger partial charge in [0.1, 0.15) is 9.84 Å². The van der Waals surface area contributed by atoms with Gasteiger partial charge in [0.2, 0.25) is 0 Å². The molecule has 1 aromatic rings. The summed E-state index contributed by atoms with van der Waals surface area (Å²) in [6, 6.07) is 5.06. The van der Waals surface area contributed by atoms with Crippen molar-refractivity contribution in [1.29, 1.82) is 0 Å². The number of carbonyl (C=O) groups excluding carboxylic acids is 1. The number of hydrogen-bond donors (Lipinski definition) is 3. The summed E-state index contributed by atoms with van der Waals surface area (Å²) in [4.78, 5) is 11.8. The monoisotopic (exact) mass is 271 g/mol. The molecule has 0 saturated heterocycles. The van der Waals surface area contributed by atoms with Crippen LogP contribution < -0.4 is 16.6 Å².